The fourth-order valence-corrected chi connectivity index (χ4v) is 1.28. The van der Waals surface area contributed by atoms with E-state index in [4.69, 9.17) is 5.11 Å². The van der Waals surface area contributed by atoms with Gasteiger partial charge in [0, 0.05) is 6.08 Å². The Kier molecular flexibility index (Phi) is 2.85. The predicted octanol–water partition coefficient (Wildman–Crippen LogP) is 2.48. The number of hydrogen-bond acceptors (Lipinski definition) is 1. The molecule has 0 atom stereocenters. The number of allylic oxidation sites excluding steroid dienone is 1. The van der Waals surface area contributed by atoms with Gasteiger partial charge in [-0.3, -0.25) is 0 Å². The maximum atomic E-state index is 10.4. The smallest absolute Gasteiger partial charge is 0.328 e. The Balaban J connectivity index is 3.08. The Hall–Kier alpha value is -1.57. The molecule has 0 aliphatic heterocycles. The molecule has 2 nitrogen and oxygen atoms in total. The van der Waals surface area contributed by atoms with Gasteiger partial charge in [0.1, 0.15) is 0 Å². The largest absolute Gasteiger partial charge is 0.478 e. The molecular weight excluding hydrogens is 164 g/mol. The third-order valence-electron chi connectivity index (χ3n) is 1.91. The normalized spacial score (nSPS) is 11.4. The van der Waals surface area contributed by atoms with E-state index in [1.807, 2.05) is 31.2 Å². The topological polar surface area (TPSA) is 37.3 Å². The quantitative estimate of drug-likeness (QED) is 0.703. The number of aliphatic carboxylic acids is 1. The van der Waals surface area contributed by atoms with Gasteiger partial charge in [-0.15, -0.1) is 0 Å². The first-order valence-corrected chi connectivity index (χ1v) is 4.08. The maximum absolute atomic E-state index is 10.4. The lowest BCUT2D eigenvalue weighted by atomic mass is 10.0. The zero-order chi connectivity index (χ0) is 9.84. The molecular formula is C11H12O2. The molecule has 1 N–H and O–H groups in total. The second kappa shape index (κ2) is 3.90. The summed E-state index contributed by atoms with van der Waals surface area (Å²) in [4.78, 5) is 10.4. The van der Waals surface area contributed by atoms with Crippen molar-refractivity contribution in [3.8, 4) is 0 Å². The van der Waals surface area contributed by atoms with E-state index < -0.39 is 5.97 Å². The van der Waals surface area contributed by atoms with E-state index in [-0.39, 0.29) is 0 Å². The summed E-state index contributed by atoms with van der Waals surface area (Å²) < 4.78 is 0. The average Bonchev–Trinajstić information content (AvgIpc) is 2.03. The van der Waals surface area contributed by atoms with E-state index >= 15 is 0 Å². The highest BCUT2D eigenvalue weighted by Gasteiger charge is 2.00. The van der Waals surface area contributed by atoms with Crippen LogP contribution in [0.4, 0.5) is 0 Å². The summed E-state index contributed by atoms with van der Waals surface area (Å²) in [6.45, 7) is 3.77. The van der Waals surface area contributed by atoms with E-state index in [0.29, 0.717) is 0 Å². The molecule has 0 radical (unpaired) electrons. The first-order chi connectivity index (χ1) is 6.11. The standard InChI is InChI=1S/C11H12O2/c1-8-5-3-4-6-10(8)9(2)7-11(12)13/h3-7H,1-2H3,(H,12,13). The summed E-state index contributed by atoms with van der Waals surface area (Å²) in [6.07, 6.45) is 1.22. The third-order valence-corrected chi connectivity index (χ3v) is 1.91. The lowest BCUT2D eigenvalue weighted by molar-refractivity contribution is -0.131. The fourth-order valence-electron chi connectivity index (χ4n) is 1.28. The first-order valence-electron chi connectivity index (χ1n) is 4.08. The van der Waals surface area contributed by atoms with Crippen LogP contribution in [0.25, 0.3) is 5.57 Å². The van der Waals surface area contributed by atoms with Gasteiger partial charge in [0.25, 0.3) is 0 Å². The minimum Gasteiger partial charge on any atom is -0.478 e. The Morgan fingerprint density at radius 1 is 1.38 bits per heavy atom. The molecule has 0 saturated carbocycles. The third kappa shape index (κ3) is 2.44. The van der Waals surface area contributed by atoms with Crippen LogP contribution in [0.5, 0.6) is 0 Å². The molecule has 0 saturated heterocycles. The van der Waals surface area contributed by atoms with Gasteiger partial charge in [-0.1, -0.05) is 24.3 Å². The first kappa shape index (κ1) is 9.52. The predicted molar refractivity (Wildman–Crippen MR) is 52.5 cm³/mol. The average molecular weight is 176 g/mol. The summed E-state index contributed by atoms with van der Waals surface area (Å²) in [5.74, 6) is -0.902. The molecule has 0 bridgehead atoms. The van der Waals surface area contributed by atoms with Crippen molar-refractivity contribution in [1.29, 1.82) is 0 Å². The molecule has 1 rings (SSSR count). The van der Waals surface area contributed by atoms with E-state index in [2.05, 4.69) is 0 Å². The van der Waals surface area contributed by atoms with E-state index in [1.165, 1.54) is 6.08 Å². The molecule has 0 heterocycles. The molecule has 0 unspecified atom stereocenters. The van der Waals surface area contributed by atoms with Crippen molar-refractivity contribution in [3.63, 3.8) is 0 Å². The molecule has 13 heavy (non-hydrogen) atoms. The van der Waals surface area contributed by atoms with Crippen LogP contribution in [0.2, 0.25) is 0 Å². The monoisotopic (exact) mass is 176 g/mol. The van der Waals surface area contributed by atoms with E-state index in [9.17, 15) is 4.79 Å². The molecule has 0 spiro atoms. The second-order valence-electron chi connectivity index (χ2n) is 2.98. The highest BCUT2D eigenvalue weighted by molar-refractivity contribution is 5.89. The van der Waals surface area contributed by atoms with Crippen molar-refractivity contribution in [3.05, 3.63) is 41.5 Å². The number of hydrogen-bond donors (Lipinski definition) is 1. The highest BCUT2D eigenvalue weighted by atomic mass is 16.4. The summed E-state index contributed by atoms with van der Waals surface area (Å²) >= 11 is 0. The molecule has 0 aliphatic carbocycles. The molecule has 0 amide bonds. The number of carboxylic acid groups (broad SMARTS) is 1. The summed E-state index contributed by atoms with van der Waals surface area (Å²) in [5, 5.41) is 8.56. The summed E-state index contributed by atoms with van der Waals surface area (Å²) in [5.41, 5.74) is 2.87. The second-order valence-corrected chi connectivity index (χ2v) is 2.98. The zero-order valence-electron chi connectivity index (χ0n) is 7.74. The van der Waals surface area contributed by atoms with E-state index in [0.717, 1.165) is 16.7 Å². The van der Waals surface area contributed by atoms with Crippen molar-refractivity contribution in [1.82, 2.24) is 0 Å². The highest BCUT2D eigenvalue weighted by Crippen LogP contribution is 2.17. The van der Waals surface area contributed by atoms with Crippen LogP contribution in [-0.2, 0) is 4.79 Å². The zero-order valence-corrected chi connectivity index (χ0v) is 7.74. The number of benzene rings is 1. The minimum absolute atomic E-state index is 0.783. The summed E-state index contributed by atoms with van der Waals surface area (Å²) in [7, 11) is 0. The van der Waals surface area contributed by atoms with Gasteiger partial charge >= 0.3 is 5.97 Å². The number of carboxylic acids is 1. The van der Waals surface area contributed by atoms with Gasteiger partial charge in [-0.2, -0.15) is 0 Å². The molecule has 1 aromatic carbocycles. The van der Waals surface area contributed by atoms with Crippen LogP contribution in [0, 0.1) is 6.92 Å². The summed E-state index contributed by atoms with van der Waals surface area (Å²) in [6, 6.07) is 7.73. The van der Waals surface area contributed by atoms with Gasteiger partial charge in [0.15, 0.2) is 0 Å². The van der Waals surface area contributed by atoms with Gasteiger partial charge in [0.05, 0.1) is 0 Å². The van der Waals surface area contributed by atoms with Crippen LogP contribution in [0.3, 0.4) is 0 Å². The molecule has 2 heteroatoms. The molecule has 0 aromatic heterocycles. The van der Waals surface area contributed by atoms with Crippen LogP contribution >= 0.6 is 0 Å². The van der Waals surface area contributed by atoms with Crippen molar-refractivity contribution in [2.24, 2.45) is 0 Å². The van der Waals surface area contributed by atoms with Crippen LogP contribution in [0.15, 0.2) is 30.3 Å². The van der Waals surface area contributed by atoms with Gasteiger partial charge in [0.2, 0.25) is 0 Å². The minimum atomic E-state index is -0.902. The Morgan fingerprint density at radius 2 is 2.00 bits per heavy atom. The Morgan fingerprint density at radius 3 is 2.54 bits per heavy atom. The van der Waals surface area contributed by atoms with Crippen molar-refractivity contribution < 1.29 is 9.90 Å². The maximum Gasteiger partial charge on any atom is 0.328 e. The fraction of sp³-hybridized carbons (Fsp3) is 0.182. The Labute approximate surface area is 77.5 Å². The van der Waals surface area contributed by atoms with Crippen molar-refractivity contribution in [2.75, 3.05) is 0 Å². The molecule has 68 valence electrons. The Bertz CT molecular complexity index is 351. The SMILES string of the molecule is CC(=CC(=O)O)c1ccccc1C. The van der Waals surface area contributed by atoms with Gasteiger partial charge in [-0.05, 0) is 30.5 Å². The van der Waals surface area contributed by atoms with Crippen LogP contribution in [-0.4, -0.2) is 11.1 Å². The number of carbonyl (C=O) groups is 1. The number of rotatable bonds is 2. The van der Waals surface area contributed by atoms with Crippen LogP contribution in [0.1, 0.15) is 18.1 Å². The molecule has 1 aromatic rings. The molecule has 0 aliphatic rings. The van der Waals surface area contributed by atoms with Gasteiger partial charge < -0.3 is 5.11 Å². The van der Waals surface area contributed by atoms with Crippen LogP contribution < -0.4 is 0 Å². The van der Waals surface area contributed by atoms with Crippen molar-refractivity contribution >= 4 is 11.5 Å². The number of aryl methyl sites for hydroxylation is 1. The van der Waals surface area contributed by atoms with Crippen molar-refractivity contribution in [2.45, 2.75) is 13.8 Å². The lowest BCUT2D eigenvalue weighted by Crippen LogP contribution is -1.91. The van der Waals surface area contributed by atoms with Gasteiger partial charge in [-0.25, -0.2) is 4.79 Å². The molecule has 0 fully saturated rings. The lowest BCUT2D eigenvalue weighted by Gasteiger charge is -2.03. The van der Waals surface area contributed by atoms with E-state index in [1.54, 1.807) is 6.92 Å².